The second kappa shape index (κ2) is 8.90. The molecule has 2 aromatic carbocycles. The predicted molar refractivity (Wildman–Crippen MR) is 130 cm³/mol. The molecule has 1 fully saturated rings. The zero-order valence-electron chi connectivity index (χ0n) is 18.6. The van der Waals surface area contributed by atoms with E-state index in [0.29, 0.717) is 36.9 Å². The van der Waals surface area contributed by atoms with Crippen LogP contribution >= 0.6 is 11.6 Å². The van der Waals surface area contributed by atoms with Crippen molar-refractivity contribution in [2.45, 2.75) is 19.9 Å². The molecular weight excluding hydrogens is 438 g/mol. The Bertz CT molecular complexity index is 1180. The van der Waals surface area contributed by atoms with E-state index in [1.165, 1.54) is 5.56 Å². The van der Waals surface area contributed by atoms with Crippen molar-refractivity contribution in [1.29, 1.82) is 0 Å². The smallest absolute Gasteiger partial charge is 0.242 e. The van der Waals surface area contributed by atoms with Gasteiger partial charge in [-0.3, -0.25) is 14.5 Å². The van der Waals surface area contributed by atoms with Crippen molar-refractivity contribution in [3.63, 3.8) is 0 Å². The number of piperazine rings is 1. The van der Waals surface area contributed by atoms with Gasteiger partial charge in [0.25, 0.3) is 0 Å². The number of rotatable bonds is 4. The third-order valence-electron chi connectivity index (χ3n) is 6.32. The number of hydrogen-bond donors (Lipinski definition) is 0. The van der Waals surface area contributed by atoms with Gasteiger partial charge in [0.1, 0.15) is 12.4 Å². The molecule has 8 heteroatoms. The van der Waals surface area contributed by atoms with Crippen LogP contribution < -0.4 is 9.80 Å². The summed E-state index contributed by atoms with van der Waals surface area (Å²) in [6, 6.07) is 17.8. The normalized spacial score (nSPS) is 16.2. The number of carbonyl (C=O) groups excluding carboxylic acids is 2. The first-order chi connectivity index (χ1) is 16.0. The lowest BCUT2D eigenvalue weighted by molar-refractivity contribution is -0.132. The van der Waals surface area contributed by atoms with Gasteiger partial charge in [0, 0.05) is 54.9 Å². The summed E-state index contributed by atoms with van der Waals surface area (Å²) < 4.78 is 1.83. The van der Waals surface area contributed by atoms with Gasteiger partial charge < -0.3 is 9.80 Å². The number of amides is 2. The van der Waals surface area contributed by atoms with Crippen molar-refractivity contribution in [1.82, 2.24) is 14.7 Å². The van der Waals surface area contributed by atoms with Crippen LogP contribution in [0.15, 0.2) is 54.6 Å². The summed E-state index contributed by atoms with van der Waals surface area (Å²) in [7, 11) is 0. The SMILES string of the molecule is Cc1ccc(-c2cc3n(n2)CCC(=O)N3CC(=O)N2CCN(c3cccc(Cl)c3)CC2)cc1. The van der Waals surface area contributed by atoms with Gasteiger partial charge in [-0.1, -0.05) is 47.5 Å². The van der Waals surface area contributed by atoms with E-state index in [1.807, 2.05) is 71.1 Å². The lowest BCUT2D eigenvalue weighted by atomic mass is 10.1. The molecule has 0 spiro atoms. The van der Waals surface area contributed by atoms with E-state index in [2.05, 4.69) is 10.00 Å². The van der Waals surface area contributed by atoms with E-state index < -0.39 is 0 Å². The van der Waals surface area contributed by atoms with Crippen molar-refractivity contribution < 1.29 is 9.59 Å². The van der Waals surface area contributed by atoms with E-state index in [9.17, 15) is 9.59 Å². The fourth-order valence-electron chi connectivity index (χ4n) is 4.41. The summed E-state index contributed by atoms with van der Waals surface area (Å²) in [5.41, 5.74) is 4.06. The van der Waals surface area contributed by atoms with Crippen LogP contribution in [0.1, 0.15) is 12.0 Å². The Labute approximate surface area is 198 Å². The molecule has 0 aliphatic carbocycles. The summed E-state index contributed by atoms with van der Waals surface area (Å²) in [4.78, 5) is 31.5. The van der Waals surface area contributed by atoms with Gasteiger partial charge in [-0.25, -0.2) is 4.68 Å². The molecule has 2 aliphatic rings. The second-order valence-corrected chi connectivity index (χ2v) is 8.99. The van der Waals surface area contributed by atoms with Crippen molar-refractivity contribution in [2.24, 2.45) is 0 Å². The average Bonchev–Trinajstić information content (AvgIpc) is 3.26. The van der Waals surface area contributed by atoms with Gasteiger partial charge in [0.15, 0.2) is 0 Å². The Morgan fingerprint density at radius 2 is 1.76 bits per heavy atom. The maximum Gasteiger partial charge on any atom is 0.242 e. The second-order valence-electron chi connectivity index (χ2n) is 8.55. The summed E-state index contributed by atoms with van der Waals surface area (Å²) in [6.07, 6.45) is 0.345. The van der Waals surface area contributed by atoms with Gasteiger partial charge in [-0.05, 0) is 25.1 Å². The number of anilines is 2. The molecule has 33 heavy (non-hydrogen) atoms. The van der Waals surface area contributed by atoms with Crippen molar-refractivity contribution in [3.8, 4) is 11.3 Å². The average molecular weight is 464 g/mol. The Balaban J connectivity index is 1.27. The lowest BCUT2D eigenvalue weighted by Crippen LogP contribution is -2.52. The molecule has 0 bridgehead atoms. The summed E-state index contributed by atoms with van der Waals surface area (Å²) in [5, 5.41) is 5.39. The van der Waals surface area contributed by atoms with E-state index in [-0.39, 0.29) is 18.4 Å². The minimum atomic E-state index is -0.0411. The first-order valence-corrected chi connectivity index (χ1v) is 11.6. The van der Waals surface area contributed by atoms with Crippen molar-refractivity contribution in [3.05, 3.63) is 65.2 Å². The molecule has 3 aromatic rings. The minimum absolute atomic E-state index is 0.0367. The topological polar surface area (TPSA) is 61.7 Å². The minimum Gasteiger partial charge on any atom is -0.368 e. The largest absolute Gasteiger partial charge is 0.368 e. The van der Waals surface area contributed by atoms with Crippen LogP contribution in [-0.2, 0) is 16.1 Å². The Morgan fingerprint density at radius 1 is 1.00 bits per heavy atom. The van der Waals surface area contributed by atoms with Crippen molar-refractivity contribution in [2.75, 3.05) is 42.5 Å². The van der Waals surface area contributed by atoms with Crippen molar-refractivity contribution >= 4 is 34.9 Å². The highest BCUT2D eigenvalue weighted by Crippen LogP contribution is 2.28. The molecule has 0 radical (unpaired) electrons. The Kier molecular flexibility index (Phi) is 5.81. The number of aryl methyl sites for hydroxylation is 2. The number of hydrogen-bond acceptors (Lipinski definition) is 4. The Hall–Kier alpha value is -3.32. The quantitative estimate of drug-likeness (QED) is 0.593. The monoisotopic (exact) mass is 463 g/mol. The van der Waals surface area contributed by atoms with Crippen LogP contribution in [0.25, 0.3) is 11.3 Å². The van der Waals surface area contributed by atoms with Gasteiger partial charge in [-0.2, -0.15) is 5.10 Å². The van der Waals surface area contributed by atoms with Gasteiger partial charge in [-0.15, -0.1) is 0 Å². The predicted octanol–water partition coefficient (Wildman–Crippen LogP) is 3.60. The molecule has 3 heterocycles. The number of aromatic nitrogens is 2. The fraction of sp³-hybridized carbons (Fsp3) is 0.320. The van der Waals surface area contributed by atoms with Crippen LogP contribution in [0.4, 0.5) is 11.5 Å². The van der Waals surface area contributed by atoms with E-state index in [0.717, 1.165) is 30.0 Å². The maximum absolute atomic E-state index is 13.1. The van der Waals surface area contributed by atoms with Gasteiger partial charge >= 0.3 is 0 Å². The molecule has 5 rings (SSSR count). The summed E-state index contributed by atoms with van der Waals surface area (Å²) in [5.74, 6) is 0.608. The van der Waals surface area contributed by atoms with Crippen LogP contribution in [0.5, 0.6) is 0 Å². The number of halogens is 1. The summed E-state index contributed by atoms with van der Waals surface area (Å²) >= 11 is 6.12. The van der Waals surface area contributed by atoms with Crippen LogP contribution in [0.3, 0.4) is 0 Å². The van der Waals surface area contributed by atoms with Gasteiger partial charge in [0.2, 0.25) is 11.8 Å². The maximum atomic E-state index is 13.1. The standard InChI is InChI=1S/C25H26ClN5O2/c1-18-5-7-19(8-6-18)22-16-23-30(24(32)9-10-31(23)27-22)17-25(33)29-13-11-28(12-14-29)21-4-2-3-20(26)15-21/h2-8,15-16H,9-14,17H2,1H3. The first-order valence-electron chi connectivity index (χ1n) is 11.2. The molecule has 0 unspecified atom stereocenters. The highest BCUT2D eigenvalue weighted by molar-refractivity contribution is 6.30. The molecule has 0 N–H and O–H groups in total. The van der Waals surface area contributed by atoms with Crippen LogP contribution in [0, 0.1) is 6.92 Å². The third kappa shape index (κ3) is 4.46. The molecule has 0 saturated carbocycles. The van der Waals surface area contributed by atoms with E-state index in [1.54, 1.807) is 4.90 Å². The summed E-state index contributed by atoms with van der Waals surface area (Å²) in [6.45, 7) is 5.30. The van der Waals surface area contributed by atoms with E-state index >= 15 is 0 Å². The Morgan fingerprint density at radius 3 is 2.48 bits per heavy atom. The molecule has 2 amide bonds. The third-order valence-corrected chi connectivity index (χ3v) is 6.56. The zero-order valence-corrected chi connectivity index (χ0v) is 19.3. The molecular formula is C25H26ClN5O2. The molecule has 170 valence electrons. The molecule has 1 aromatic heterocycles. The highest BCUT2D eigenvalue weighted by Gasteiger charge is 2.30. The zero-order chi connectivity index (χ0) is 22.9. The van der Waals surface area contributed by atoms with E-state index in [4.69, 9.17) is 11.6 Å². The van der Waals surface area contributed by atoms with Gasteiger partial charge in [0.05, 0.1) is 12.2 Å². The number of nitrogens with zero attached hydrogens (tertiary/aromatic N) is 5. The molecule has 0 atom stereocenters. The number of benzene rings is 2. The molecule has 1 saturated heterocycles. The fourth-order valence-corrected chi connectivity index (χ4v) is 4.59. The molecule has 2 aliphatic heterocycles. The first kappa shape index (κ1) is 21.5. The van der Waals surface area contributed by atoms with Crippen LogP contribution in [0.2, 0.25) is 5.02 Å². The number of carbonyl (C=O) groups is 2. The van der Waals surface area contributed by atoms with Crippen LogP contribution in [-0.4, -0.2) is 59.2 Å². The highest BCUT2D eigenvalue weighted by atomic mass is 35.5. The number of fused-ring (bicyclic) bond motifs is 1. The molecule has 7 nitrogen and oxygen atoms in total. The lowest BCUT2D eigenvalue weighted by Gasteiger charge is -2.37.